The van der Waals surface area contributed by atoms with E-state index in [-0.39, 0.29) is 30.2 Å². The van der Waals surface area contributed by atoms with Crippen molar-refractivity contribution in [2.75, 3.05) is 11.4 Å². The number of imide groups is 1. The molecule has 1 aliphatic heterocycles. The second kappa shape index (κ2) is 4.76. The lowest BCUT2D eigenvalue weighted by Crippen LogP contribution is -2.46. The van der Waals surface area contributed by atoms with Crippen LogP contribution < -0.4 is 10.6 Å². The zero-order valence-electron chi connectivity index (χ0n) is 10.3. The van der Waals surface area contributed by atoms with Gasteiger partial charge in [0.25, 0.3) is 0 Å². The third kappa shape index (κ3) is 2.05. The minimum Gasteiger partial charge on any atom is -0.320 e. The standard InChI is InChI=1S/C13H13N3O2S/c14-5-1-2-10-7-15-13(19-10)16-11(17)8-3-4-9(6-8)12(16)18/h7-9H,3-6,14H2. The minimum absolute atomic E-state index is 0.00910. The van der Waals surface area contributed by atoms with Crippen LogP contribution in [0.2, 0.25) is 0 Å². The first-order chi connectivity index (χ1) is 9.20. The minimum atomic E-state index is -0.105. The van der Waals surface area contributed by atoms with Gasteiger partial charge in [-0.15, -0.1) is 0 Å². The maximum atomic E-state index is 12.2. The molecule has 1 aromatic heterocycles. The molecule has 2 fully saturated rings. The van der Waals surface area contributed by atoms with Gasteiger partial charge in [-0.1, -0.05) is 23.2 Å². The molecule has 2 amide bonds. The van der Waals surface area contributed by atoms with Gasteiger partial charge in [0.1, 0.15) is 0 Å². The second-order valence-electron chi connectivity index (χ2n) is 4.73. The Bertz CT molecular complexity index is 577. The number of carbonyl (C=O) groups excluding carboxylic acids is 2. The van der Waals surface area contributed by atoms with E-state index in [0.29, 0.717) is 11.6 Å². The SMILES string of the molecule is NCC#Cc1cnc(N2C(=O)C3CCC(C3)C2=O)s1. The van der Waals surface area contributed by atoms with Crippen LogP contribution in [-0.2, 0) is 9.59 Å². The lowest BCUT2D eigenvalue weighted by atomic mass is 9.98. The Morgan fingerprint density at radius 3 is 2.68 bits per heavy atom. The first kappa shape index (κ1) is 12.3. The Hall–Kier alpha value is -1.71. The number of rotatable bonds is 1. The molecule has 2 heterocycles. The maximum Gasteiger partial charge on any atom is 0.238 e. The molecule has 1 saturated carbocycles. The predicted octanol–water partition coefficient (Wildman–Crippen LogP) is 0.743. The van der Waals surface area contributed by atoms with E-state index in [4.69, 9.17) is 5.73 Å². The van der Waals surface area contributed by atoms with E-state index in [0.717, 1.165) is 17.7 Å². The van der Waals surface area contributed by atoms with Crippen LogP contribution in [0, 0.1) is 23.7 Å². The molecule has 98 valence electrons. The fourth-order valence-corrected chi connectivity index (χ4v) is 3.46. The monoisotopic (exact) mass is 275 g/mol. The number of hydrogen-bond donors (Lipinski definition) is 1. The summed E-state index contributed by atoms with van der Waals surface area (Å²) in [6.07, 6.45) is 3.92. The highest BCUT2D eigenvalue weighted by Gasteiger charge is 2.46. The van der Waals surface area contributed by atoms with E-state index in [1.807, 2.05) is 0 Å². The second-order valence-corrected chi connectivity index (χ2v) is 5.74. The molecule has 1 aliphatic carbocycles. The third-order valence-electron chi connectivity index (χ3n) is 3.57. The van der Waals surface area contributed by atoms with Crippen LogP contribution in [0.1, 0.15) is 24.1 Å². The van der Waals surface area contributed by atoms with Gasteiger partial charge in [0.15, 0.2) is 5.13 Å². The number of thiazole rings is 1. The quantitative estimate of drug-likeness (QED) is 0.606. The summed E-state index contributed by atoms with van der Waals surface area (Å²) in [5.41, 5.74) is 5.31. The van der Waals surface area contributed by atoms with E-state index in [1.54, 1.807) is 6.20 Å². The summed E-state index contributed by atoms with van der Waals surface area (Å²) in [5.74, 6) is 5.37. The number of nitrogens with zero attached hydrogens (tertiary/aromatic N) is 2. The van der Waals surface area contributed by atoms with Crippen molar-refractivity contribution in [1.82, 2.24) is 4.98 Å². The lowest BCUT2D eigenvalue weighted by molar-refractivity contribution is -0.132. The first-order valence-corrected chi connectivity index (χ1v) is 7.05. The van der Waals surface area contributed by atoms with Crippen molar-refractivity contribution in [1.29, 1.82) is 0 Å². The Kier molecular flexibility index (Phi) is 3.09. The van der Waals surface area contributed by atoms with E-state index in [2.05, 4.69) is 16.8 Å². The van der Waals surface area contributed by atoms with E-state index < -0.39 is 0 Å². The molecule has 2 aliphatic rings. The van der Waals surface area contributed by atoms with Crippen LogP contribution >= 0.6 is 11.3 Å². The van der Waals surface area contributed by atoms with Crippen molar-refractivity contribution in [3.05, 3.63) is 11.1 Å². The van der Waals surface area contributed by atoms with Gasteiger partial charge in [-0.05, 0) is 19.3 Å². The molecule has 0 aromatic carbocycles. The molecule has 5 nitrogen and oxygen atoms in total. The summed E-state index contributed by atoms with van der Waals surface area (Å²) in [4.78, 5) is 30.6. The molecule has 0 spiro atoms. The number of fused-ring (bicyclic) bond motifs is 2. The van der Waals surface area contributed by atoms with Crippen molar-refractivity contribution in [3.63, 3.8) is 0 Å². The van der Waals surface area contributed by atoms with Gasteiger partial charge in [-0.25, -0.2) is 9.88 Å². The number of carbonyl (C=O) groups is 2. The van der Waals surface area contributed by atoms with E-state index in [9.17, 15) is 9.59 Å². The van der Waals surface area contributed by atoms with Crippen LogP contribution in [0.4, 0.5) is 5.13 Å². The summed E-state index contributed by atoms with van der Waals surface area (Å²) >= 11 is 1.26. The van der Waals surface area contributed by atoms with Crippen LogP contribution in [-0.4, -0.2) is 23.3 Å². The van der Waals surface area contributed by atoms with Crippen LogP contribution in [0.5, 0.6) is 0 Å². The molecule has 1 aromatic rings. The highest BCUT2D eigenvalue weighted by molar-refractivity contribution is 7.16. The predicted molar refractivity (Wildman–Crippen MR) is 71.4 cm³/mol. The van der Waals surface area contributed by atoms with Crippen LogP contribution in [0.25, 0.3) is 0 Å². The van der Waals surface area contributed by atoms with Crippen molar-refractivity contribution >= 4 is 28.3 Å². The Morgan fingerprint density at radius 1 is 1.37 bits per heavy atom. The third-order valence-corrected chi connectivity index (χ3v) is 4.47. The molecule has 2 N–H and O–H groups in total. The Morgan fingerprint density at radius 2 is 2.05 bits per heavy atom. The highest BCUT2D eigenvalue weighted by atomic mass is 32.1. The fourth-order valence-electron chi connectivity index (χ4n) is 2.66. The molecule has 6 heteroatoms. The average Bonchev–Trinajstić information content (AvgIpc) is 3.03. The summed E-state index contributed by atoms with van der Waals surface area (Å²) in [6.45, 7) is 0.277. The van der Waals surface area contributed by atoms with Crippen LogP contribution in [0.3, 0.4) is 0 Å². The molecule has 1 saturated heterocycles. The van der Waals surface area contributed by atoms with Crippen LogP contribution in [0.15, 0.2) is 6.20 Å². The van der Waals surface area contributed by atoms with Crippen molar-refractivity contribution in [2.45, 2.75) is 19.3 Å². The van der Waals surface area contributed by atoms with Gasteiger partial charge >= 0.3 is 0 Å². The fraction of sp³-hybridized carbons (Fsp3) is 0.462. The molecule has 3 rings (SSSR count). The van der Waals surface area contributed by atoms with Gasteiger partial charge in [0.2, 0.25) is 11.8 Å². The van der Waals surface area contributed by atoms with E-state index >= 15 is 0 Å². The largest absolute Gasteiger partial charge is 0.320 e. The Labute approximate surface area is 114 Å². The van der Waals surface area contributed by atoms with Gasteiger partial charge in [0, 0.05) is 11.8 Å². The van der Waals surface area contributed by atoms with E-state index in [1.165, 1.54) is 16.2 Å². The topological polar surface area (TPSA) is 76.3 Å². The molecule has 0 radical (unpaired) electrons. The zero-order chi connectivity index (χ0) is 13.4. The normalized spacial score (nSPS) is 25.4. The first-order valence-electron chi connectivity index (χ1n) is 6.23. The smallest absolute Gasteiger partial charge is 0.238 e. The van der Waals surface area contributed by atoms with Crippen molar-refractivity contribution in [3.8, 4) is 11.8 Å². The zero-order valence-corrected chi connectivity index (χ0v) is 11.1. The molecule has 2 bridgehead atoms. The summed E-state index contributed by atoms with van der Waals surface area (Å²) in [5, 5.41) is 0.438. The van der Waals surface area contributed by atoms with Gasteiger partial charge in [-0.2, -0.15) is 0 Å². The molecular weight excluding hydrogens is 262 g/mol. The molecule has 19 heavy (non-hydrogen) atoms. The number of hydrogen-bond acceptors (Lipinski definition) is 5. The van der Waals surface area contributed by atoms with Crippen molar-refractivity contribution in [2.24, 2.45) is 17.6 Å². The Balaban J connectivity index is 1.90. The number of nitrogens with two attached hydrogens (primary N) is 1. The number of anilines is 1. The number of amides is 2. The average molecular weight is 275 g/mol. The highest BCUT2D eigenvalue weighted by Crippen LogP contribution is 2.40. The van der Waals surface area contributed by atoms with Gasteiger partial charge < -0.3 is 5.73 Å². The molecular formula is C13H13N3O2S. The maximum absolute atomic E-state index is 12.2. The van der Waals surface area contributed by atoms with Gasteiger partial charge in [-0.3, -0.25) is 9.59 Å². The molecule has 2 atom stereocenters. The lowest BCUT2D eigenvalue weighted by Gasteiger charge is -2.27. The summed E-state index contributed by atoms with van der Waals surface area (Å²) < 4.78 is 0. The number of piperidine rings is 1. The molecule has 2 unspecified atom stereocenters. The van der Waals surface area contributed by atoms with Gasteiger partial charge in [0.05, 0.1) is 17.6 Å². The summed E-state index contributed by atoms with van der Waals surface area (Å²) in [7, 11) is 0. The summed E-state index contributed by atoms with van der Waals surface area (Å²) in [6, 6.07) is 0. The van der Waals surface area contributed by atoms with Crippen molar-refractivity contribution < 1.29 is 9.59 Å². The number of aromatic nitrogens is 1.